The number of fused-ring (bicyclic) bond motifs is 1. The molecule has 1 saturated heterocycles. The van der Waals surface area contributed by atoms with E-state index in [0.717, 1.165) is 43.0 Å². The number of carbonyl (C=O) groups is 1. The molecule has 0 saturated carbocycles. The lowest BCUT2D eigenvalue weighted by molar-refractivity contribution is 0.0940. The number of aromatic amines is 1. The third kappa shape index (κ3) is 3.07. The molecule has 0 aliphatic carbocycles. The molecule has 0 bridgehead atoms. The molecular formula is C17H21N7O. The number of aromatic nitrogens is 5. The molecule has 25 heavy (non-hydrogen) atoms. The van der Waals surface area contributed by atoms with Crippen molar-refractivity contribution >= 4 is 17.4 Å². The number of nitrogens with zero attached hydrogens (tertiary/aromatic N) is 5. The SMILES string of the molecule is Cc1cc[nH]c1C(=O)NCC1CCCN(c2nccn3cnnc23)C1. The lowest BCUT2D eigenvalue weighted by Crippen LogP contribution is -2.41. The van der Waals surface area contributed by atoms with Crippen LogP contribution >= 0.6 is 0 Å². The normalized spacial score (nSPS) is 17.8. The summed E-state index contributed by atoms with van der Waals surface area (Å²) in [5.41, 5.74) is 2.38. The van der Waals surface area contributed by atoms with Gasteiger partial charge in [-0.3, -0.25) is 9.20 Å². The maximum absolute atomic E-state index is 12.3. The Labute approximate surface area is 145 Å². The third-order valence-electron chi connectivity index (χ3n) is 4.75. The minimum atomic E-state index is -0.0442. The molecule has 1 amide bonds. The van der Waals surface area contributed by atoms with Crippen molar-refractivity contribution in [1.82, 2.24) is 29.9 Å². The Hall–Kier alpha value is -2.90. The van der Waals surface area contributed by atoms with Crippen LogP contribution in [0.4, 0.5) is 5.82 Å². The van der Waals surface area contributed by atoms with Crippen molar-refractivity contribution in [3.05, 3.63) is 42.2 Å². The first kappa shape index (κ1) is 15.6. The van der Waals surface area contributed by atoms with Crippen molar-refractivity contribution in [3.8, 4) is 0 Å². The summed E-state index contributed by atoms with van der Waals surface area (Å²) in [7, 11) is 0. The van der Waals surface area contributed by atoms with Crippen LogP contribution in [-0.2, 0) is 0 Å². The fraction of sp³-hybridized carbons (Fsp3) is 0.412. The molecule has 1 aliphatic rings. The molecule has 1 aliphatic heterocycles. The van der Waals surface area contributed by atoms with Crippen molar-refractivity contribution in [2.45, 2.75) is 19.8 Å². The van der Waals surface area contributed by atoms with Gasteiger partial charge in [0.25, 0.3) is 5.91 Å². The molecular weight excluding hydrogens is 318 g/mol. The van der Waals surface area contributed by atoms with Crippen LogP contribution in [0.1, 0.15) is 28.9 Å². The molecule has 1 unspecified atom stereocenters. The van der Waals surface area contributed by atoms with E-state index in [9.17, 15) is 4.79 Å². The number of amides is 1. The highest BCUT2D eigenvalue weighted by molar-refractivity contribution is 5.93. The lowest BCUT2D eigenvalue weighted by Gasteiger charge is -2.33. The van der Waals surface area contributed by atoms with Gasteiger partial charge < -0.3 is 15.2 Å². The average molecular weight is 339 g/mol. The first-order chi connectivity index (χ1) is 12.2. The number of aryl methyl sites for hydroxylation is 1. The van der Waals surface area contributed by atoms with Gasteiger partial charge in [-0.1, -0.05) is 0 Å². The first-order valence-corrected chi connectivity index (χ1v) is 8.54. The van der Waals surface area contributed by atoms with Crippen molar-refractivity contribution in [1.29, 1.82) is 0 Å². The monoisotopic (exact) mass is 339 g/mol. The van der Waals surface area contributed by atoms with Crippen LogP contribution < -0.4 is 10.2 Å². The number of H-pyrrole nitrogens is 1. The summed E-state index contributed by atoms with van der Waals surface area (Å²) in [4.78, 5) is 22.0. The molecule has 3 aromatic heterocycles. The van der Waals surface area contributed by atoms with E-state index in [2.05, 4.69) is 30.4 Å². The molecule has 1 fully saturated rings. The molecule has 2 N–H and O–H groups in total. The molecule has 0 spiro atoms. The number of carbonyl (C=O) groups excluding carboxylic acids is 1. The number of nitrogens with one attached hydrogen (secondary N) is 2. The Balaban J connectivity index is 1.42. The van der Waals surface area contributed by atoms with Crippen LogP contribution in [0.3, 0.4) is 0 Å². The third-order valence-corrected chi connectivity index (χ3v) is 4.75. The van der Waals surface area contributed by atoms with Crippen LogP contribution in [0.5, 0.6) is 0 Å². The molecule has 8 nitrogen and oxygen atoms in total. The maximum atomic E-state index is 12.3. The van der Waals surface area contributed by atoms with Crippen molar-refractivity contribution in [2.75, 3.05) is 24.5 Å². The summed E-state index contributed by atoms with van der Waals surface area (Å²) in [6.45, 7) is 4.38. The highest BCUT2D eigenvalue weighted by Crippen LogP contribution is 2.23. The lowest BCUT2D eigenvalue weighted by atomic mass is 9.98. The van der Waals surface area contributed by atoms with E-state index in [4.69, 9.17) is 0 Å². The van der Waals surface area contributed by atoms with E-state index in [1.54, 1.807) is 18.7 Å². The Morgan fingerprint density at radius 1 is 1.48 bits per heavy atom. The standard InChI is InChI=1S/C17H21N7O/c1-12-4-5-18-14(12)17(25)20-9-13-3-2-7-23(10-13)15-16-22-21-11-24(16)8-6-19-15/h4-6,8,11,13,18H,2-3,7,9-10H2,1H3,(H,20,25). The highest BCUT2D eigenvalue weighted by atomic mass is 16.1. The fourth-order valence-electron chi connectivity index (χ4n) is 3.41. The van der Waals surface area contributed by atoms with E-state index in [0.29, 0.717) is 18.2 Å². The molecule has 4 rings (SSSR count). The maximum Gasteiger partial charge on any atom is 0.267 e. The smallest absolute Gasteiger partial charge is 0.267 e. The zero-order chi connectivity index (χ0) is 17.2. The van der Waals surface area contributed by atoms with E-state index in [1.165, 1.54) is 0 Å². The molecule has 3 aromatic rings. The summed E-state index contributed by atoms with van der Waals surface area (Å²) in [6.07, 6.45) is 9.25. The molecule has 8 heteroatoms. The minimum absolute atomic E-state index is 0.0442. The van der Waals surface area contributed by atoms with Crippen LogP contribution in [0.15, 0.2) is 31.0 Å². The minimum Gasteiger partial charge on any atom is -0.357 e. The van der Waals surface area contributed by atoms with Gasteiger partial charge in [-0.25, -0.2) is 4.98 Å². The van der Waals surface area contributed by atoms with Gasteiger partial charge in [-0.05, 0) is 37.3 Å². The van der Waals surface area contributed by atoms with Crippen molar-refractivity contribution in [2.24, 2.45) is 5.92 Å². The second kappa shape index (κ2) is 6.54. The Morgan fingerprint density at radius 3 is 3.24 bits per heavy atom. The molecule has 4 heterocycles. The second-order valence-corrected chi connectivity index (χ2v) is 6.51. The summed E-state index contributed by atoms with van der Waals surface area (Å²) in [5.74, 6) is 1.20. The summed E-state index contributed by atoms with van der Waals surface area (Å²) >= 11 is 0. The van der Waals surface area contributed by atoms with Crippen LogP contribution in [0.25, 0.3) is 5.65 Å². The van der Waals surface area contributed by atoms with Gasteiger partial charge in [0.1, 0.15) is 12.0 Å². The summed E-state index contributed by atoms with van der Waals surface area (Å²) < 4.78 is 1.88. The Bertz CT molecular complexity index is 884. The first-order valence-electron chi connectivity index (χ1n) is 8.54. The number of hydrogen-bond donors (Lipinski definition) is 2. The predicted octanol–water partition coefficient (Wildman–Crippen LogP) is 1.41. The van der Waals surface area contributed by atoms with E-state index in [-0.39, 0.29) is 5.91 Å². The fourth-order valence-corrected chi connectivity index (χ4v) is 3.41. The number of anilines is 1. The van der Waals surface area contributed by atoms with Gasteiger partial charge >= 0.3 is 0 Å². The Kier molecular flexibility index (Phi) is 4.09. The van der Waals surface area contributed by atoms with Crippen molar-refractivity contribution < 1.29 is 4.79 Å². The van der Waals surface area contributed by atoms with Crippen LogP contribution in [0, 0.1) is 12.8 Å². The molecule has 0 aromatic carbocycles. The topological polar surface area (TPSA) is 91.2 Å². The van der Waals surface area contributed by atoms with Gasteiger partial charge in [0.2, 0.25) is 5.65 Å². The largest absolute Gasteiger partial charge is 0.357 e. The second-order valence-electron chi connectivity index (χ2n) is 6.51. The van der Waals surface area contributed by atoms with E-state index >= 15 is 0 Å². The number of rotatable bonds is 4. The highest BCUT2D eigenvalue weighted by Gasteiger charge is 2.24. The molecule has 0 radical (unpaired) electrons. The number of hydrogen-bond acceptors (Lipinski definition) is 5. The summed E-state index contributed by atoms with van der Waals surface area (Å²) in [5, 5.41) is 11.2. The van der Waals surface area contributed by atoms with Gasteiger partial charge in [-0.2, -0.15) is 0 Å². The van der Waals surface area contributed by atoms with Gasteiger partial charge in [0, 0.05) is 38.2 Å². The predicted molar refractivity (Wildman–Crippen MR) is 93.6 cm³/mol. The quantitative estimate of drug-likeness (QED) is 0.750. The van der Waals surface area contributed by atoms with Gasteiger partial charge in [0.05, 0.1) is 0 Å². The van der Waals surface area contributed by atoms with Gasteiger partial charge in [-0.15, -0.1) is 10.2 Å². The summed E-state index contributed by atoms with van der Waals surface area (Å²) in [6, 6.07) is 1.90. The van der Waals surface area contributed by atoms with Crippen molar-refractivity contribution in [3.63, 3.8) is 0 Å². The van der Waals surface area contributed by atoms with E-state index < -0.39 is 0 Å². The average Bonchev–Trinajstić information content (AvgIpc) is 3.28. The van der Waals surface area contributed by atoms with E-state index in [1.807, 2.05) is 23.6 Å². The zero-order valence-corrected chi connectivity index (χ0v) is 14.1. The molecule has 130 valence electrons. The zero-order valence-electron chi connectivity index (χ0n) is 14.1. The Morgan fingerprint density at radius 2 is 2.40 bits per heavy atom. The molecule has 1 atom stereocenters. The van der Waals surface area contributed by atoms with Crippen LogP contribution in [-0.4, -0.2) is 50.1 Å². The number of piperidine rings is 1. The van der Waals surface area contributed by atoms with Crippen LogP contribution in [0.2, 0.25) is 0 Å². The van der Waals surface area contributed by atoms with Gasteiger partial charge in [0.15, 0.2) is 5.82 Å².